The van der Waals surface area contributed by atoms with Crippen LogP contribution in [0.25, 0.3) is 0 Å². The lowest BCUT2D eigenvalue weighted by atomic mass is 9.97. The van der Waals surface area contributed by atoms with E-state index >= 15 is 0 Å². The van der Waals surface area contributed by atoms with Gasteiger partial charge in [0.15, 0.2) is 0 Å². The molecule has 4 unspecified atom stereocenters. The van der Waals surface area contributed by atoms with Gasteiger partial charge in [-0.1, -0.05) is 78.1 Å². The van der Waals surface area contributed by atoms with Gasteiger partial charge >= 0.3 is 0 Å². The number of hydrogen-bond acceptors (Lipinski definition) is 3. The molecule has 0 aliphatic rings. The summed E-state index contributed by atoms with van der Waals surface area (Å²) in [6.45, 7) is 26.1. The molecule has 0 aliphatic carbocycles. The first-order valence-electron chi connectivity index (χ1n) is 19.1. The molecule has 0 amide bonds. The van der Waals surface area contributed by atoms with E-state index in [2.05, 4.69) is 76.7 Å². The number of hydrogen-bond donors (Lipinski definition) is 1. The van der Waals surface area contributed by atoms with Gasteiger partial charge in [0.1, 0.15) is 6.04 Å². The van der Waals surface area contributed by atoms with Crippen molar-refractivity contribution in [1.82, 2.24) is 0 Å². The minimum Gasteiger partial charge on any atom is -0.390 e. The molecule has 0 bridgehead atoms. The Morgan fingerprint density at radius 3 is 1.48 bits per heavy atom. The van der Waals surface area contributed by atoms with Crippen molar-refractivity contribution in [2.75, 3.05) is 93.8 Å². The van der Waals surface area contributed by atoms with E-state index in [0.29, 0.717) is 19.3 Å². The van der Waals surface area contributed by atoms with Crippen molar-refractivity contribution in [3.05, 3.63) is 0 Å². The maximum Gasteiger partial charge on any atom is 0.110 e. The quantitative estimate of drug-likeness (QED) is 0.0625. The van der Waals surface area contributed by atoms with Gasteiger partial charge in [-0.25, -0.2) is 0 Å². The van der Waals surface area contributed by atoms with Gasteiger partial charge in [0.25, 0.3) is 0 Å². The Kier molecular flexibility index (Phi) is 24.7. The highest BCUT2D eigenvalue weighted by Gasteiger charge is 2.34. The normalized spacial score (nSPS) is 15.8. The minimum absolute atomic E-state index is 0.0343. The second-order valence-corrected chi connectivity index (χ2v) is 15.7. The number of unbranched alkanes of at least 4 members (excludes halogenated alkanes) is 9. The van der Waals surface area contributed by atoms with Gasteiger partial charge in [-0.3, -0.25) is 0 Å². The molecule has 0 aliphatic heterocycles. The van der Waals surface area contributed by atoms with Gasteiger partial charge in [0, 0.05) is 12.8 Å². The molecule has 0 saturated carbocycles. The first kappa shape index (κ1) is 43.8. The summed E-state index contributed by atoms with van der Waals surface area (Å²) in [5.74, 6) is 0.287. The van der Waals surface area contributed by atoms with Crippen LogP contribution in [0.3, 0.4) is 0 Å². The predicted octanol–water partition coefficient (Wildman–Crippen LogP) is 7.91. The third kappa shape index (κ3) is 20.8. The van der Waals surface area contributed by atoms with Crippen LogP contribution < -0.4 is 0 Å². The van der Waals surface area contributed by atoms with E-state index in [-0.39, 0.29) is 18.1 Å². The van der Waals surface area contributed by atoms with E-state index in [1.165, 1.54) is 116 Å². The third-order valence-electron chi connectivity index (χ3n) is 10.9. The Morgan fingerprint density at radius 2 is 1.02 bits per heavy atom. The second-order valence-electron chi connectivity index (χ2n) is 15.7. The number of aliphatic hydroxyl groups excluding tert-OH is 1. The van der Waals surface area contributed by atoms with Crippen LogP contribution in [-0.4, -0.2) is 131 Å². The summed E-state index contributed by atoms with van der Waals surface area (Å²) in [5.41, 5.74) is 0. The highest BCUT2D eigenvalue weighted by molar-refractivity contribution is 4.65. The van der Waals surface area contributed by atoms with Crippen LogP contribution >= 0.6 is 0 Å². The molecule has 0 aromatic carbocycles. The first-order valence-corrected chi connectivity index (χ1v) is 19.1. The maximum absolute atomic E-state index is 10.7. The molecule has 0 aromatic heterocycles. The van der Waals surface area contributed by atoms with E-state index in [1.807, 2.05) is 0 Å². The van der Waals surface area contributed by atoms with Crippen LogP contribution in [0, 0.1) is 5.92 Å². The zero-order chi connectivity index (χ0) is 33.5. The lowest BCUT2D eigenvalue weighted by Gasteiger charge is -2.44. The van der Waals surface area contributed by atoms with Crippen molar-refractivity contribution >= 4 is 0 Å². The van der Waals surface area contributed by atoms with Crippen molar-refractivity contribution < 1.29 is 28.0 Å². The fraction of sp³-hybridized carbons (Fsp3) is 1.00. The highest BCUT2D eigenvalue weighted by atomic mass is 16.5. The molecule has 44 heavy (non-hydrogen) atoms. The number of ether oxygens (including phenoxy) is 2. The second kappa shape index (κ2) is 24.9. The molecule has 4 atom stereocenters. The number of rotatable bonds is 31. The molecule has 0 aromatic rings. The average molecular weight is 631 g/mol. The Bertz CT molecular complexity index is 635. The van der Waals surface area contributed by atoms with Crippen LogP contribution in [-0.2, 0) is 9.47 Å². The molecular formula is C38H84N3O3+3. The van der Waals surface area contributed by atoms with Gasteiger partial charge in [-0.05, 0) is 47.0 Å². The summed E-state index contributed by atoms with van der Waals surface area (Å²) >= 11 is 0. The van der Waals surface area contributed by atoms with Crippen molar-refractivity contribution in [3.8, 4) is 0 Å². The summed E-state index contributed by atoms with van der Waals surface area (Å²) < 4.78 is 15.7. The molecule has 0 rings (SSSR count). The van der Waals surface area contributed by atoms with Gasteiger partial charge < -0.3 is 28.0 Å². The van der Waals surface area contributed by atoms with Crippen LogP contribution in [0.5, 0.6) is 0 Å². The highest BCUT2D eigenvalue weighted by Crippen LogP contribution is 2.20. The summed E-state index contributed by atoms with van der Waals surface area (Å²) in [5, 5.41) is 10.7. The van der Waals surface area contributed by atoms with Crippen LogP contribution in [0.4, 0.5) is 0 Å². The largest absolute Gasteiger partial charge is 0.390 e. The van der Waals surface area contributed by atoms with Gasteiger partial charge in [-0.15, -0.1) is 0 Å². The van der Waals surface area contributed by atoms with E-state index in [4.69, 9.17) is 9.47 Å². The molecule has 0 radical (unpaired) electrons. The van der Waals surface area contributed by atoms with Crippen molar-refractivity contribution in [3.63, 3.8) is 0 Å². The monoisotopic (exact) mass is 631 g/mol. The fourth-order valence-electron chi connectivity index (χ4n) is 6.30. The van der Waals surface area contributed by atoms with Gasteiger partial charge in [0.2, 0.25) is 0 Å². The zero-order valence-electron chi connectivity index (χ0n) is 32.2. The number of nitrogens with zero attached hydrogens (tertiary/aromatic N) is 3. The van der Waals surface area contributed by atoms with Crippen LogP contribution in [0.15, 0.2) is 0 Å². The zero-order valence-corrected chi connectivity index (χ0v) is 32.2. The molecule has 0 heterocycles. The smallest absolute Gasteiger partial charge is 0.110 e. The topological polar surface area (TPSA) is 38.7 Å². The molecule has 6 heteroatoms. The standard InChI is InChI=1S/C38H84N3O3/c1-12-16-17-18-19-20-21-22-23-24-27-35(5)38(42)34-43-33-37(7)44-32-36(6)41(15-4,30-25-28-39(8,9)13-2)31-26-29-40(10,11)14-3/h35-38,42H,12-34H2,1-11H3/q+3. The maximum atomic E-state index is 10.7. The number of likely N-dealkylation sites (N-methyl/N-ethyl adjacent to an activating group) is 1. The van der Waals surface area contributed by atoms with Crippen LogP contribution in [0.2, 0.25) is 0 Å². The van der Waals surface area contributed by atoms with Crippen molar-refractivity contribution in [2.45, 2.75) is 150 Å². The predicted molar refractivity (Wildman–Crippen MR) is 192 cm³/mol. The number of aliphatic hydroxyl groups is 1. The molecule has 266 valence electrons. The molecule has 0 saturated heterocycles. The van der Waals surface area contributed by atoms with E-state index in [0.717, 1.165) is 33.0 Å². The average Bonchev–Trinajstić information content (AvgIpc) is 2.99. The van der Waals surface area contributed by atoms with E-state index < -0.39 is 0 Å². The SMILES string of the molecule is CCCCCCCCCCCCC(C)C(O)COCC(C)OCC(C)[N+](CC)(CCC[N+](C)(C)CC)CCC[N+](C)(C)CC. The van der Waals surface area contributed by atoms with Crippen molar-refractivity contribution in [2.24, 2.45) is 5.92 Å². The summed E-state index contributed by atoms with van der Waals surface area (Å²) in [4.78, 5) is 0. The van der Waals surface area contributed by atoms with Crippen molar-refractivity contribution in [1.29, 1.82) is 0 Å². The van der Waals surface area contributed by atoms with E-state index in [1.54, 1.807) is 0 Å². The first-order chi connectivity index (χ1) is 20.8. The Labute approximate surface area is 277 Å². The van der Waals surface area contributed by atoms with Crippen LogP contribution in [0.1, 0.15) is 132 Å². The molecule has 0 fully saturated rings. The molecular weight excluding hydrogens is 546 g/mol. The lowest BCUT2D eigenvalue weighted by Crippen LogP contribution is -2.58. The minimum atomic E-state index is -0.388. The Balaban J connectivity index is 4.55. The Hall–Kier alpha value is -0.240. The summed E-state index contributed by atoms with van der Waals surface area (Å²) in [7, 11) is 9.41. The lowest BCUT2D eigenvalue weighted by molar-refractivity contribution is -0.957. The molecule has 0 spiro atoms. The van der Waals surface area contributed by atoms with Gasteiger partial charge in [0.05, 0.1) is 106 Å². The third-order valence-corrected chi connectivity index (χ3v) is 10.9. The molecule has 6 nitrogen and oxygen atoms in total. The summed E-state index contributed by atoms with van der Waals surface area (Å²) in [6.07, 6.45) is 16.8. The Morgan fingerprint density at radius 1 is 0.545 bits per heavy atom. The number of quaternary nitrogens is 3. The fourth-order valence-corrected chi connectivity index (χ4v) is 6.30. The van der Waals surface area contributed by atoms with E-state index in [9.17, 15) is 5.11 Å². The summed E-state index contributed by atoms with van der Waals surface area (Å²) in [6, 6.07) is 0.448. The van der Waals surface area contributed by atoms with Gasteiger partial charge in [-0.2, -0.15) is 0 Å². The molecule has 1 N–H and O–H groups in total.